The maximum Gasteiger partial charge on any atom is 0.328 e. The van der Waals surface area contributed by atoms with E-state index in [1.807, 2.05) is 0 Å². The summed E-state index contributed by atoms with van der Waals surface area (Å²) in [5, 5.41) is 7.56. The summed E-state index contributed by atoms with van der Waals surface area (Å²) in [4.78, 5) is 34.7. The van der Waals surface area contributed by atoms with Crippen LogP contribution < -0.4 is 16.5 Å². The molecule has 92 valence electrons. The molecule has 7 heteroatoms. The van der Waals surface area contributed by atoms with Gasteiger partial charge in [-0.3, -0.25) is 20.2 Å². The number of nitrogens with zero attached hydrogens (tertiary/aromatic N) is 1. The molecule has 1 rings (SSSR count). The van der Waals surface area contributed by atoms with Gasteiger partial charge < -0.3 is 5.84 Å². The number of carbonyl (C=O) groups excluding carboxylic acids is 3. The van der Waals surface area contributed by atoms with E-state index in [0.717, 1.165) is 0 Å². The molecule has 0 atom stereocenters. The molecule has 0 spiro atoms. The van der Waals surface area contributed by atoms with Crippen LogP contribution in [0.15, 0.2) is 17.8 Å². The number of barbiturate groups is 1. The van der Waals surface area contributed by atoms with Crippen LogP contribution in [0.4, 0.5) is 4.79 Å². The predicted octanol–water partition coefficient (Wildman–Crippen LogP) is -0.360. The highest BCUT2D eigenvalue weighted by molar-refractivity contribution is 6.20. The van der Waals surface area contributed by atoms with Gasteiger partial charge >= 0.3 is 6.03 Å². The highest BCUT2D eigenvalue weighted by Gasteiger charge is 2.49. The topological polar surface area (TPSA) is 114 Å². The number of imide groups is 2. The fraction of sp³-hybridized carbons (Fsp3) is 0.400. The Labute approximate surface area is 98.1 Å². The van der Waals surface area contributed by atoms with Gasteiger partial charge in [-0.2, -0.15) is 5.10 Å². The summed E-state index contributed by atoms with van der Waals surface area (Å²) in [5.74, 6) is 3.78. The van der Waals surface area contributed by atoms with Crippen molar-refractivity contribution in [1.29, 1.82) is 0 Å². The van der Waals surface area contributed by atoms with Crippen LogP contribution in [0.25, 0.3) is 0 Å². The van der Waals surface area contributed by atoms with Gasteiger partial charge in [-0.1, -0.05) is 6.08 Å². The third kappa shape index (κ3) is 2.32. The van der Waals surface area contributed by atoms with Crippen LogP contribution in [-0.4, -0.2) is 23.6 Å². The van der Waals surface area contributed by atoms with E-state index in [1.165, 1.54) is 6.08 Å². The number of nitrogens with one attached hydrogen (secondary N) is 2. The molecule has 4 N–H and O–H groups in total. The molecule has 0 bridgehead atoms. The second-order valence-electron chi connectivity index (χ2n) is 3.85. The SMILES string of the molecule is C=CCC1(C/C(C)=N/N)C(=O)NC(=O)NC1=O. The lowest BCUT2D eigenvalue weighted by atomic mass is 9.76. The summed E-state index contributed by atoms with van der Waals surface area (Å²) in [7, 11) is 0. The standard InChI is InChI=1S/C10H14N4O3/c1-3-4-10(5-6(2)14-11)7(15)12-9(17)13-8(10)16/h3H,1,4-5,11H2,2H3,(H2,12,13,15,16,17)/b14-6+. The molecule has 1 aliphatic rings. The van der Waals surface area contributed by atoms with Crippen molar-refractivity contribution in [2.75, 3.05) is 0 Å². The van der Waals surface area contributed by atoms with Gasteiger partial charge in [0.25, 0.3) is 0 Å². The van der Waals surface area contributed by atoms with E-state index in [9.17, 15) is 14.4 Å². The quantitative estimate of drug-likeness (QED) is 0.204. The van der Waals surface area contributed by atoms with Gasteiger partial charge in [-0.25, -0.2) is 4.79 Å². The molecular weight excluding hydrogens is 224 g/mol. The van der Waals surface area contributed by atoms with Crippen molar-refractivity contribution in [2.24, 2.45) is 16.4 Å². The molecule has 0 aromatic carbocycles. The number of hydrogen-bond acceptors (Lipinski definition) is 5. The molecule has 1 fully saturated rings. The zero-order chi connectivity index (χ0) is 13.1. The van der Waals surface area contributed by atoms with Gasteiger partial charge in [-0.05, 0) is 13.3 Å². The van der Waals surface area contributed by atoms with Crippen LogP contribution in [0.2, 0.25) is 0 Å². The Bertz CT molecular complexity index is 394. The summed E-state index contributed by atoms with van der Waals surface area (Å²) in [6.45, 7) is 5.10. The number of hydrogen-bond donors (Lipinski definition) is 3. The zero-order valence-corrected chi connectivity index (χ0v) is 9.45. The Morgan fingerprint density at radius 2 is 1.94 bits per heavy atom. The molecular formula is C10H14N4O3. The van der Waals surface area contributed by atoms with Crippen LogP contribution in [0.5, 0.6) is 0 Å². The average Bonchev–Trinajstić information content (AvgIpc) is 2.25. The van der Waals surface area contributed by atoms with Crippen LogP contribution in [0.3, 0.4) is 0 Å². The molecule has 1 saturated heterocycles. The van der Waals surface area contributed by atoms with E-state index in [1.54, 1.807) is 6.92 Å². The van der Waals surface area contributed by atoms with Crippen LogP contribution >= 0.6 is 0 Å². The Balaban J connectivity index is 3.12. The lowest BCUT2D eigenvalue weighted by Gasteiger charge is -2.32. The number of rotatable bonds is 4. The largest absolute Gasteiger partial charge is 0.328 e. The fourth-order valence-corrected chi connectivity index (χ4v) is 1.73. The molecule has 0 unspecified atom stereocenters. The van der Waals surface area contributed by atoms with Crippen molar-refractivity contribution in [1.82, 2.24) is 10.6 Å². The highest BCUT2D eigenvalue weighted by Crippen LogP contribution is 2.30. The first-order valence-corrected chi connectivity index (χ1v) is 4.97. The second kappa shape index (κ2) is 4.77. The second-order valence-corrected chi connectivity index (χ2v) is 3.85. The Kier molecular flexibility index (Phi) is 3.62. The first-order valence-electron chi connectivity index (χ1n) is 4.97. The molecule has 1 heterocycles. The lowest BCUT2D eigenvalue weighted by Crippen LogP contribution is -2.62. The normalized spacial score (nSPS) is 19.6. The number of urea groups is 1. The van der Waals surface area contributed by atoms with Crippen molar-refractivity contribution in [3.05, 3.63) is 12.7 Å². The molecule has 0 saturated carbocycles. The van der Waals surface area contributed by atoms with Gasteiger partial charge in [0.1, 0.15) is 5.41 Å². The van der Waals surface area contributed by atoms with Crippen molar-refractivity contribution in [3.8, 4) is 0 Å². The lowest BCUT2D eigenvalue weighted by molar-refractivity contribution is -0.143. The van der Waals surface area contributed by atoms with Crippen molar-refractivity contribution in [3.63, 3.8) is 0 Å². The van der Waals surface area contributed by atoms with E-state index in [4.69, 9.17) is 5.84 Å². The number of hydrazone groups is 1. The van der Waals surface area contributed by atoms with Crippen LogP contribution in [-0.2, 0) is 9.59 Å². The monoisotopic (exact) mass is 238 g/mol. The van der Waals surface area contributed by atoms with Gasteiger partial charge in [0, 0.05) is 12.1 Å². The Hall–Kier alpha value is -2.18. The predicted molar refractivity (Wildman–Crippen MR) is 60.8 cm³/mol. The first-order chi connectivity index (χ1) is 7.96. The van der Waals surface area contributed by atoms with E-state index in [2.05, 4.69) is 22.3 Å². The summed E-state index contributed by atoms with van der Waals surface area (Å²) < 4.78 is 0. The minimum absolute atomic E-state index is 0.0421. The number of carbonyl (C=O) groups is 3. The van der Waals surface area contributed by atoms with Crippen molar-refractivity contribution >= 4 is 23.6 Å². The fourth-order valence-electron chi connectivity index (χ4n) is 1.73. The van der Waals surface area contributed by atoms with E-state index in [0.29, 0.717) is 5.71 Å². The average molecular weight is 238 g/mol. The molecule has 7 nitrogen and oxygen atoms in total. The van der Waals surface area contributed by atoms with Gasteiger partial charge in [0.05, 0.1) is 0 Å². The summed E-state index contributed by atoms with van der Waals surface area (Å²) in [6, 6.07) is -0.818. The van der Waals surface area contributed by atoms with Crippen molar-refractivity contribution in [2.45, 2.75) is 19.8 Å². The van der Waals surface area contributed by atoms with Gasteiger partial charge in [0.15, 0.2) is 0 Å². The molecule has 1 aliphatic heterocycles. The minimum Gasteiger partial charge on any atom is -0.323 e. The minimum atomic E-state index is -1.40. The smallest absolute Gasteiger partial charge is 0.323 e. The molecule has 0 aromatic rings. The number of nitrogens with two attached hydrogens (primary N) is 1. The van der Waals surface area contributed by atoms with E-state index < -0.39 is 23.3 Å². The Morgan fingerprint density at radius 1 is 1.41 bits per heavy atom. The molecule has 17 heavy (non-hydrogen) atoms. The molecule has 4 amide bonds. The zero-order valence-electron chi connectivity index (χ0n) is 9.45. The molecule has 0 aliphatic carbocycles. The number of amides is 4. The first kappa shape index (κ1) is 12.9. The van der Waals surface area contributed by atoms with E-state index >= 15 is 0 Å². The summed E-state index contributed by atoms with van der Waals surface area (Å²) in [5.41, 5.74) is -0.964. The third-order valence-corrected chi connectivity index (χ3v) is 2.59. The maximum atomic E-state index is 11.8. The highest BCUT2D eigenvalue weighted by atomic mass is 16.2. The molecule has 0 aromatic heterocycles. The summed E-state index contributed by atoms with van der Waals surface area (Å²) in [6.07, 6.45) is 1.59. The van der Waals surface area contributed by atoms with Crippen LogP contribution in [0, 0.1) is 5.41 Å². The maximum absolute atomic E-state index is 11.8. The molecule has 0 radical (unpaired) electrons. The Morgan fingerprint density at radius 3 is 2.35 bits per heavy atom. The van der Waals surface area contributed by atoms with Crippen LogP contribution in [0.1, 0.15) is 19.8 Å². The summed E-state index contributed by atoms with van der Waals surface area (Å²) >= 11 is 0. The third-order valence-electron chi connectivity index (χ3n) is 2.59. The van der Waals surface area contributed by atoms with E-state index in [-0.39, 0.29) is 12.8 Å². The van der Waals surface area contributed by atoms with Crippen molar-refractivity contribution < 1.29 is 14.4 Å². The number of allylic oxidation sites excluding steroid dienone is 1. The van der Waals surface area contributed by atoms with Gasteiger partial charge in [-0.15, -0.1) is 6.58 Å². The van der Waals surface area contributed by atoms with Gasteiger partial charge in [0.2, 0.25) is 11.8 Å².